The van der Waals surface area contributed by atoms with E-state index in [2.05, 4.69) is 33.7 Å². The number of rotatable bonds is 5. The van der Waals surface area contributed by atoms with Gasteiger partial charge in [-0.2, -0.15) is 11.8 Å². The fraction of sp³-hybridized carbons (Fsp3) is 0.200. The quantitative estimate of drug-likeness (QED) is 0.752. The standard InChI is InChI=1S/C15H15BrN2O2S2/c1-2-21-9-10-3-5-11(6-4-10)14(19)17-18-15(20)12-7-8-13(16)22-12/h3-8H,2,9H2,1H3,(H,17,19)(H,18,20). The fourth-order valence-electron chi connectivity index (χ4n) is 1.66. The Bertz CT molecular complexity index is 656. The topological polar surface area (TPSA) is 58.2 Å². The summed E-state index contributed by atoms with van der Waals surface area (Å²) in [5.41, 5.74) is 6.51. The Kier molecular flexibility index (Phi) is 6.48. The second-order valence-corrected chi connectivity index (χ2v) is 8.08. The molecule has 0 radical (unpaired) electrons. The summed E-state index contributed by atoms with van der Waals surface area (Å²) >= 11 is 6.42. The van der Waals surface area contributed by atoms with Crippen LogP contribution in [0.4, 0.5) is 0 Å². The maximum Gasteiger partial charge on any atom is 0.279 e. The van der Waals surface area contributed by atoms with Crippen molar-refractivity contribution in [3.8, 4) is 0 Å². The van der Waals surface area contributed by atoms with Gasteiger partial charge in [0.05, 0.1) is 8.66 Å². The van der Waals surface area contributed by atoms with Gasteiger partial charge < -0.3 is 0 Å². The average molecular weight is 399 g/mol. The number of nitrogens with one attached hydrogen (secondary N) is 2. The summed E-state index contributed by atoms with van der Waals surface area (Å²) in [7, 11) is 0. The van der Waals surface area contributed by atoms with Crippen LogP contribution in [0.3, 0.4) is 0 Å². The summed E-state index contributed by atoms with van der Waals surface area (Å²) in [5.74, 6) is 1.33. The van der Waals surface area contributed by atoms with Crippen LogP contribution in [0.2, 0.25) is 0 Å². The number of hydrogen-bond acceptors (Lipinski definition) is 4. The van der Waals surface area contributed by atoms with Gasteiger partial charge >= 0.3 is 0 Å². The molecule has 0 saturated heterocycles. The molecule has 2 aromatic rings. The van der Waals surface area contributed by atoms with Crippen molar-refractivity contribution < 1.29 is 9.59 Å². The zero-order valence-corrected chi connectivity index (χ0v) is 15.1. The van der Waals surface area contributed by atoms with Gasteiger partial charge in [0.2, 0.25) is 0 Å². The SMILES string of the molecule is CCSCc1ccc(C(=O)NNC(=O)c2ccc(Br)s2)cc1. The van der Waals surface area contributed by atoms with Crippen molar-refractivity contribution in [1.29, 1.82) is 0 Å². The molecule has 1 aromatic heterocycles. The van der Waals surface area contributed by atoms with Gasteiger partial charge in [-0.05, 0) is 51.5 Å². The lowest BCUT2D eigenvalue weighted by Gasteiger charge is -2.07. The molecular weight excluding hydrogens is 384 g/mol. The molecule has 7 heteroatoms. The summed E-state index contributed by atoms with van der Waals surface area (Å²) in [6.07, 6.45) is 0. The summed E-state index contributed by atoms with van der Waals surface area (Å²) < 4.78 is 0.865. The summed E-state index contributed by atoms with van der Waals surface area (Å²) in [6.45, 7) is 2.11. The molecule has 2 rings (SSSR count). The normalized spacial score (nSPS) is 10.3. The van der Waals surface area contributed by atoms with Crippen molar-refractivity contribution >= 4 is 50.8 Å². The first-order valence-electron chi connectivity index (χ1n) is 6.63. The van der Waals surface area contributed by atoms with Crippen molar-refractivity contribution in [2.24, 2.45) is 0 Å². The van der Waals surface area contributed by atoms with Gasteiger partial charge in [-0.3, -0.25) is 20.4 Å². The van der Waals surface area contributed by atoms with Crippen LogP contribution in [-0.4, -0.2) is 17.6 Å². The zero-order valence-electron chi connectivity index (χ0n) is 11.9. The maximum atomic E-state index is 12.0. The highest BCUT2D eigenvalue weighted by Crippen LogP contribution is 2.21. The highest BCUT2D eigenvalue weighted by Gasteiger charge is 2.10. The second-order valence-electron chi connectivity index (χ2n) is 4.35. The largest absolute Gasteiger partial charge is 0.279 e. The van der Waals surface area contributed by atoms with Crippen molar-refractivity contribution in [1.82, 2.24) is 10.9 Å². The Morgan fingerprint density at radius 1 is 1.09 bits per heavy atom. The van der Waals surface area contributed by atoms with Gasteiger partial charge in [-0.25, -0.2) is 0 Å². The average Bonchev–Trinajstić information content (AvgIpc) is 2.97. The molecule has 0 bridgehead atoms. The van der Waals surface area contributed by atoms with E-state index >= 15 is 0 Å². The Hall–Kier alpha value is -1.31. The zero-order chi connectivity index (χ0) is 15.9. The van der Waals surface area contributed by atoms with Gasteiger partial charge in [-0.15, -0.1) is 11.3 Å². The third-order valence-electron chi connectivity index (χ3n) is 2.78. The molecule has 0 spiro atoms. The molecule has 22 heavy (non-hydrogen) atoms. The number of hydrazine groups is 1. The summed E-state index contributed by atoms with van der Waals surface area (Å²) in [4.78, 5) is 24.3. The van der Waals surface area contributed by atoms with Crippen molar-refractivity contribution in [2.45, 2.75) is 12.7 Å². The highest BCUT2D eigenvalue weighted by atomic mass is 79.9. The van der Waals surface area contributed by atoms with E-state index in [0.717, 1.165) is 15.3 Å². The number of benzene rings is 1. The van der Waals surface area contributed by atoms with Gasteiger partial charge in [0.25, 0.3) is 11.8 Å². The predicted octanol–water partition coefficient (Wildman–Crippen LogP) is 3.84. The smallest absolute Gasteiger partial charge is 0.267 e. The number of hydrogen-bond donors (Lipinski definition) is 2. The van der Waals surface area contributed by atoms with Crippen molar-refractivity contribution in [3.63, 3.8) is 0 Å². The molecule has 116 valence electrons. The molecule has 0 atom stereocenters. The molecular formula is C15H15BrN2O2S2. The Morgan fingerprint density at radius 2 is 1.77 bits per heavy atom. The van der Waals surface area contributed by atoms with Crippen LogP contribution >= 0.6 is 39.0 Å². The minimum absolute atomic E-state index is 0.333. The molecule has 0 unspecified atom stereocenters. The van der Waals surface area contributed by atoms with Crippen LogP contribution < -0.4 is 10.9 Å². The van der Waals surface area contributed by atoms with E-state index in [1.54, 1.807) is 24.3 Å². The van der Waals surface area contributed by atoms with Gasteiger partial charge in [0.1, 0.15) is 0 Å². The van der Waals surface area contributed by atoms with E-state index in [1.807, 2.05) is 23.9 Å². The molecule has 2 N–H and O–H groups in total. The summed E-state index contributed by atoms with van der Waals surface area (Å²) in [6, 6.07) is 10.8. The van der Waals surface area contributed by atoms with Gasteiger partial charge in [-0.1, -0.05) is 19.1 Å². The van der Waals surface area contributed by atoms with Gasteiger partial charge in [0, 0.05) is 11.3 Å². The third kappa shape index (κ3) is 4.86. The molecule has 0 aliphatic carbocycles. The maximum absolute atomic E-state index is 12.0. The minimum Gasteiger partial charge on any atom is -0.267 e. The first-order valence-corrected chi connectivity index (χ1v) is 9.39. The van der Waals surface area contributed by atoms with E-state index in [-0.39, 0.29) is 11.8 Å². The van der Waals surface area contributed by atoms with Crippen molar-refractivity contribution in [3.05, 3.63) is 56.2 Å². The van der Waals surface area contributed by atoms with E-state index in [0.29, 0.717) is 10.4 Å². The monoisotopic (exact) mass is 398 g/mol. The molecule has 4 nitrogen and oxygen atoms in total. The molecule has 1 heterocycles. The van der Waals surface area contributed by atoms with Crippen LogP contribution in [0.5, 0.6) is 0 Å². The van der Waals surface area contributed by atoms with E-state index in [4.69, 9.17) is 0 Å². The highest BCUT2D eigenvalue weighted by molar-refractivity contribution is 9.11. The van der Waals surface area contributed by atoms with Crippen LogP contribution in [0.25, 0.3) is 0 Å². The number of carbonyl (C=O) groups excluding carboxylic acids is 2. The number of carbonyl (C=O) groups is 2. The second kappa shape index (κ2) is 8.36. The van der Waals surface area contributed by atoms with Crippen LogP contribution in [0, 0.1) is 0 Å². The van der Waals surface area contributed by atoms with Crippen LogP contribution in [0.15, 0.2) is 40.2 Å². The lowest BCUT2D eigenvalue weighted by molar-refractivity contribution is 0.0849. The first kappa shape index (κ1) is 17.1. The lowest BCUT2D eigenvalue weighted by atomic mass is 10.1. The first-order chi connectivity index (χ1) is 10.6. The van der Waals surface area contributed by atoms with Gasteiger partial charge in [0.15, 0.2) is 0 Å². The Morgan fingerprint density at radius 3 is 2.36 bits per heavy atom. The number of halogens is 1. The van der Waals surface area contributed by atoms with E-state index in [1.165, 1.54) is 16.9 Å². The minimum atomic E-state index is -0.335. The summed E-state index contributed by atoms with van der Waals surface area (Å²) in [5, 5.41) is 0. The van der Waals surface area contributed by atoms with E-state index < -0.39 is 0 Å². The Balaban J connectivity index is 1.88. The molecule has 1 aromatic carbocycles. The number of thiophene rings is 1. The fourth-order valence-corrected chi connectivity index (χ4v) is 3.57. The number of thioether (sulfide) groups is 1. The predicted molar refractivity (Wildman–Crippen MR) is 95.2 cm³/mol. The lowest BCUT2D eigenvalue weighted by Crippen LogP contribution is -2.41. The molecule has 2 amide bonds. The molecule has 0 fully saturated rings. The molecule has 0 saturated carbocycles. The third-order valence-corrected chi connectivity index (χ3v) is 5.34. The number of amides is 2. The Labute approximate surface area is 145 Å². The van der Waals surface area contributed by atoms with Crippen LogP contribution in [0.1, 0.15) is 32.5 Å². The molecule has 0 aliphatic heterocycles. The van der Waals surface area contributed by atoms with Crippen LogP contribution in [-0.2, 0) is 5.75 Å². The van der Waals surface area contributed by atoms with E-state index in [9.17, 15) is 9.59 Å². The van der Waals surface area contributed by atoms with Crippen molar-refractivity contribution in [2.75, 3.05) is 5.75 Å². The molecule has 0 aliphatic rings.